The maximum atomic E-state index is 11.9. The molecule has 1 N–H and O–H groups in total. The summed E-state index contributed by atoms with van der Waals surface area (Å²) in [6.45, 7) is 8.65. The number of hydrazone groups is 1. The van der Waals surface area contributed by atoms with Gasteiger partial charge >= 0.3 is 11.8 Å². The van der Waals surface area contributed by atoms with Gasteiger partial charge in [0.25, 0.3) is 0 Å². The van der Waals surface area contributed by atoms with Crippen molar-refractivity contribution in [2.45, 2.75) is 27.7 Å². The van der Waals surface area contributed by atoms with Gasteiger partial charge in [-0.1, -0.05) is 18.2 Å². The summed E-state index contributed by atoms with van der Waals surface area (Å²) >= 11 is 0. The molecule has 0 bridgehead atoms. The van der Waals surface area contributed by atoms with Gasteiger partial charge in [-0.15, -0.1) is 0 Å². The number of benzene rings is 1. The predicted molar refractivity (Wildman–Crippen MR) is 98.9 cm³/mol. The van der Waals surface area contributed by atoms with E-state index < -0.39 is 11.8 Å². The van der Waals surface area contributed by atoms with Crippen molar-refractivity contribution in [2.75, 3.05) is 13.1 Å². The molecule has 1 aromatic carbocycles. The number of amides is 2. The van der Waals surface area contributed by atoms with Crippen molar-refractivity contribution in [2.24, 2.45) is 5.10 Å². The van der Waals surface area contributed by atoms with Crippen LogP contribution in [0.1, 0.15) is 30.8 Å². The van der Waals surface area contributed by atoms with Crippen LogP contribution in [0.4, 0.5) is 0 Å². The molecule has 1 aromatic heterocycles. The fourth-order valence-electron chi connectivity index (χ4n) is 2.76. The first-order valence-electron chi connectivity index (χ1n) is 8.36. The molecule has 0 atom stereocenters. The number of hydrogen-bond donors (Lipinski definition) is 1. The normalized spacial score (nSPS) is 10.9. The van der Waals surface area contributed by atoms with Gasteiger partial charge in [-0.05, 0) is 45.9 Å². The number of carbonyl (C=O) groups is 2. The van der Waals surface area contributed by atoms with Crippen molar-refractivity contribution in [3.05, 3.63) is 53.3 Å². The van der Waals surface area contributed by atoms with Gasteiger partial charge < -0.3 is 9.47 Å². The standard InChI is InChI=1S/C19H24N4O2/c1-5-22(6-2)19(25)18(24)21-20-13-16-12-14(3)23(15(16)4)17-10-8-7-9-11-17/h7-13H,5-6H2,1-4H3,(H,21,24)/b20-13-. The zero-order valence-corrected chi connectivity index (χ0v) is 15.1. The molecule has 0 fully saturated rings. The van der Waals surface area contributed by atoms with Gasteiger partial charge in [0.2, 0.25) is 0 Å². The molecule has 0 aliphatic rings. The highest BCUT2D eigenvalue weighted by molar-refractivity contribution is 6.34. The fraction of sp³-hybridized carbons (Fsp3) is 0.316. The smallest absolute Gasteiger partial charge is 0.329 e. The van der Waals surface area contributed by atoms with E-state index in [1.54, 1.807) is 6.21 Å². The number of carbonyl (C=O) groups excluding carboxylic acids is 2. The van der Waals surface area contributed by atoms with Crippen LogP contribution in [0.25, 0.3) is 5.69 Å². The Labute approximate surface area is 148 Å². The number of rotatable bonds is 5. The molecule has 2 amide bonds. The number of nitrogens with zero attached hydrogens (tertiary/aromatic N) is 3. The lowest BCUT2D eigenvalue weighted by Crippen LogP contribution is -2.41. The molecule has 0 unspecified atom stereocenters. The lowest BCUT2D eigenvalue weighted by Gasteiger charge is -2.16. The summed E-state index contributed by atoms with van der Waals surface area (Å²) in [6, 6.07) is 12.0. The van der Waals surface area contributed by atoms with Crippen molar-refractivity contribution < 1.29 is 9.59 Å². The van der Waals surface area contributed by atoms with Crippen LogP contribution >= 0.6 is 0 Å². The minimum atomic E-state index is -0.725. The number of hydrogen-bond acceptors (Lipinski definition) is 3. The molecule has 6 heteroatoms. The third kappa shape index (κ3) is 4.15. The lowest BCUT2D eigenvalue weighted by molar-refractivity contribution is -0.145. The van der Waals surface area contributed by atoms with Gasteiger partial charge in [0, 0.05) is 35.7 Å². The Hall–Kier alpha value is -2.89. The van der Waals surface area contributed by atoms with Crippen LogP contribution in [0.15, 0.2) is 41.5 Å². The second kappa shape index (κ2) is 8.28. The van der Waals surface area contributed by atoms with Crippen molar-refractivity contribution in [3.63, 3.8) is 0 Å². The van der Waals surface area contributed by atoms with Gasteiger partial charge in [0.15, 0.2) is 0 Å². The van der Waals surface area contributed by atoms with E-state index >= 15 is 0 Å². The van der Waals surface area contributed by atoms with Gasteiger partial charge in [-0.25, -0.2) is 5.43 Å². The average Bonchev–Trinajstić information content (AvgIpc) is 2.90. The van der Waals surface area contributed by atoms with E-state index in [-0.39, 0.29) is 0 Å². The Balaban J connectivity index is 2.12. The highest BCUT2D eigenvalue weighted by Gasteiger charge is 2.18. The largest absolute Gasteiger partial charge is 0.335 e. The van der Waals surface area contributed by atoms with Crippen LogP contribution in [-0.2, 0) is 9.59 Å². The van der Waals surface area contributed by atoms with Crippen LogP contribution in [0.2, 0.25) is 0 Å². The van der Waals surface area contributed by atoms with Crippen LogP contribution in [-0.4, -0.2) is 40.6 Å². The van der Waals surface area contributed by atoms with Crippen LogP contribution in [0.3, 0.4) is 0 Å². The zero-order chi connectivity index (χ0) is 18.4. The monoisotopic (exact) mass is 340 g/mol. The van der Waals surface area contributed by atoms with E-state index in [9.17, 15) is 9.59 Å². The Kier molecular flexibility index (Phi) is 6.11. The summed E-state index contributed by atoms with van der Waals surface area (Å²) in [6.07, 6.45) is 1.56. The molecule has 132 valence electrons. The first-order chi connectivity index (χ1) is 12.0. The Morgan fingerprint density at radius 1 is 1.16 bits per heavy atom. The zero-order valence-electron chi connectivity index (χ0n) is 15.1. The summed E-state index contributed by atoms with van der Waals surface area (Å²) < 4.78 is 2.12. The van der Waals surface area contributed by atoms with Gasteiger partial charge in [-0.3, -0.25) is 9.59 Å². The van der Waals surface area contributed by atoms with Gasteiger partial charge in [-0.2, -0.15) is 5.10 Å². The maximum absolute atomic E-state index is 11.9. The molecule has 0 aliphatic carbocycles. The highest BCUT2D eigenvalue weighted by atomic mass is 16.2. The number of aryl methyl sites for hydroxylation is 1. The molecular weight excluding hydrogens is 316 g/mol. The van der Waals surface area contributed by atoms with Crippen LogP contribution in [0, 0.1) is 13.8 Å². The molecular formula is C19H24N4O2. The third-order valence-corrected chi connectivity index (χ3v) is 4.10. The second-order valence-electron chi connectivity index (χ2n) is 5.67. The van der Waals surface area contributed by atoms with Crippen LogP contribution in [0.5, 0.6) is 0 Å². The Bertz CT molecular complexity index is 774. The molecule has 6 nitrogen and oxygen atoms in total. The molecule has 0 radical (unpaired) electrons. The molecule has 25 heavy (non-hydrogen) atoms. The number of aromatic nitrogens is 1. The van der Waals surface area contributed by atoms with Gasteiger partial charge in [0.05, 0.1) is 6.21 Å². The summed E-state index contributed by atoms with van der Waals surface area (Å²) in [7, 11) is 0. The predicted octanol–water partition coefficient (Wildman–Crippen LogP) is 2.41. The molecule has 0 saturated carbocycles. The van der Waals surface area contributed by atoms with E-state index in [2.05, 4.69) is 15.1 Å². The van der Waals surface area contributed by atoms with E-state index in [0.717, 1.165) is 22.6 Å². The van der Waals surface area contributed by atoms with Gasteiger partial charge in [0.1, 0.15) is 0 Å². The molecule has 2 rings (SSSR count). The highest BCUT2D eigenvalue weighted by Crippen LogP contribution is 2.19. The lowest BCUT2D eigenvalue weighted by atomic mass is 10.2. The second-order valence-corrected chi connectivity index (χ2v) is 5.67. The quantitative estimate of drug-likeness (QED) is 0.516. The van der Waals surface area contributed by atoms with E-state index in [0.29, 0.717) is 13.1 Å². The topological polar surface area (TPSA) is 66.7 Å². The first kappa shape index (κ1) is 18.4. The van der Waals surface area contributed by atoms with Crippen LogP contribution < -0.4 is 5.43 Å². The molecule has 1 heterocycles. The number of likely N-dealkylation sites (N-methyl/N-ethyl adjacent to an activating group) is 1. The Morgan fingerprint density at radius 2 is 1.80 bits per heavy atom. The minimum Gasteiger partial charge on any atom is -0.335 e. The van der Waals surface area contributed by atoms with Crippen molar-refractivity contribution in [3.8, 4) is 5.69 Å². The SMILES string of the molecule is CCN(CC)C(=O)C(=O)N/N=C\c1cc(C)n(-c2ccccc2)c1C. The van der Waals surface area contributed by atoms with Crippen molar-refractivity contribution >= 4 is 18.0 Å². The van der Waals surface area contributed by atoms with Crippen molar-refractivity contribution in [1.29, 1.82) is 0 Å². The summed E-state index contributed by atoms with van der Waals surface area (Å²) in [5.41, 5.74) is 6.34. The van der Waals surface area contributed by atoms with E-state index in [1.165, 1.54) is 4.90 Å². The number of para-hydroxylation sites is 1. The number of nitrogens with one attached hydrogen (secondary N) is 1. The van der Waals surface area contributed by atoms with E-state index in [4.69, 9.17) is 0 Å². The third-order valence-electron chi connectivity index (χ3n) is 4.10. The van der Waals surface area contributed by atoms with E-state index in [1.807, 2.05) is 64.1 Å². The fourth-order valence-corrected chi connectivity index (χ4v) is 2.76. The maximum Gasteiger partial charge on any atom is 0.329 e. The Morgan fingerprint density at radius 3 is 2.40 bits per heavy atom. The average molecular weight is 340 g/mol. The summed E-state index contributed by atoms with van der Waals surface area (Å²) in [5, 5.41) is 3.94. The molecule has 0 aliphatic heterocycles. The molecule has 0 spiro atoms. The summed E-state index contributed by atoms with van der Waals surface area (Å²) in [5.74, 6) is -1.30. The first-order valence-corrected chi connectivity index (χ1v) is 8.36. The molecule has 0 saturated heterocycles. The van der Waals surface area contributed by atoms with Crippen molar-refractivity contribution in [1.82, 2.24) is 14.9 Å². The minimum absolute atomic E-state index is 0.491. The molecule has 2 aromatic rings. The summed E-state index contributed by atoms with van der Waals surface area (Å²) in [4.78, 5) is 25.2.